The van der Waals surface area contributed by atoms with Gasteiger partial charge in [0.05, 0.1) is 11.5 Å². The molecular weight excluding hydrogens is 348 g/mol. The molecule has 2 rings (SSSR count). The van der Waals surface area contributed by atoms with Crippen LogP contribution in [0.4, 0.5) is 0 Å². The zero-order valence-corrected chi connectivity index (χ0v) is 14.9. The van der Waals surface area contributed by atoms with Gasteiger partial charge in [0.1, 0.15) is 0 Å². The van der Waals surface area contributed by atoms with Crippen LogP contribution in [0.5, 0.6) is 0 Å². The average Bonchev–Trinajstić information content (AvgIpc) is 2.54. The minimum atomic E-state index is -3.43. The molecule has 0 aliphatic heterocycles. The standard InChI is InChI=1S/C16H20N2O4S2/c1-17-23(19,20)12-16-9-7-14(8-10-16)11-18-24(21,22)13-15-5-3-2-4-6-15/h2-10,17-18H,11-13H2,1H3. The summed E-state index contributed by atoms with van der Waals surface area (Å²) in [6, 6.07) is 15.7. The fraction of sp³-hybridized carbons (Fsp3) is 0.250. The number of hydrogen-bond donors (Lipinski definition) is 2. The molecule has 0 spiro atoms. The van der Waals surface area contributed by atoms with Crippen LogP contribution in [0.15, 0.2) is 54.6 Å². The van der Waals surface area contributed by atoms with Crippen molar-refractivity contribution in [3.63, 3.8) is 0 Å². The molecule has 0 bridgehead atoms. The van der Waals surface area contributed by atoms with Crippen molar-refractivity contribution < 1.29 is 16.8 Å². The largest absolute Gasteiger partial charge is 0.218 e. The van der Waals surface area contributed by atoms with Crippen LogP contribution >= 0.6 is 0 Å². The highest BCUT2D eigenvalue weighted by Crippen LogP contribution is 2.09. The van der Waals surface area contributed by atoms with Crippen LogP contribution in [0.2, 0.25) is 0 Å². The van der Waals surface area contributed by atoms with Gasteiger partial charge in [-0.3, -0.25) is 0 Å². The molecule has 2 N–H and O–H groups in total. The van der Waals surface area contributed by atoms with Crippen molar-refractivity contribution in [3.05, 3.63) is 71.3 Å². The summed E-state index contributed by atoms with van der Waals surface area (Å²) in [6.07, 6.45) is 0. The third-order valence-electron chi connectivity index (χ3n) is 3.39. The lowest BCUT2D eigenvalue weighted by molar-refractivity contribution is 0.580. The Balaban J connectivity index is 1.94. The molecule has 0 aliphatic carbocycles. The van der Waals surface area contributed by atoms with Crippen molar-refractivity contribution in [1.82, 2.24) is 9.44 Å². The van der Waals surface area contributed by atoms with Crippen LogP contribution in [0.25, 0.3) is 0 Å². The van der Waals surface area contributed by atoms with Gasteiger partial charge in [0.2, 0.25) is 20.0 Å². The Bertz CT molecular complexity index is 862. The predicted molar refractivity (Wildman–Crippen MR) is 94.0 cm³/mol. The van der Waals surface area contributed by atoms with Gasteiger partial charge in [0.15, 0.2) is 0 Å². The first-order valence-corrected chi connectivity index (χ1v) is 10.6. The summed E-state index contributed by atoms with van der Waals surface area (Å²) in [5, 5.41) is 0. The van der Waals surface area contributed by atoms with Crippen LogP contribution in [0, 0.1) is 0 Å². The Morgan fingerprint density at radius 1 is 0.708 bits per heavy atom. The van der Waals surface area contributed by atoms with E-state index in [1.807, 2.05) is 6.07 Å². The molecule has 0 aromatic heterocycles. The molecule has 2 aromatic rings. The van der Waals surface area contributed by atoms with E-state index in [1.165, 1.54) is 7.05 Å². The number of sulfonamides is 2. The monoisotopic (exact) mass is 368 g/mol. The Morgan fingerprint density at radius 3 is 1.79 bits per heavy atom. The second-order valence-electron chi connectivity index (χ2n) is 5.35. The van der Waals surface area contributed by atoms with E-state index in [0.717, 1.165) is 11.1 Å². The van der Waals surface area contributed by atoms with E-state index in [1.54, 1.807) is 48.5 Å². The Hall–Kier alpha value is -1.74. The molecule has 0 aliphatic rings. The first-order valence-electron chi connectivity index (χ1n) is 7.30. The predicted octanol–water partition coefficient (Wildman–Crippen LogP) is 1.36. The molecule has 0 radical (unpaired) electrons. The fourth-order valence-corrected chi connectivity index (χ4v) is 3.98. The molecular formula is C16H20N2O4S2. The van der Waals surface area contributed by atoms with Gasteiger partial charge in [0, 0.05) is 6.54 Å². The van der Waals surface area contributed by atoms with Crippen LogP contribution in [0.3, 0.4) is 0 Å². The highest BCUT2D eigenvalue weighted by Gasteiger charge is 2.12. The van der Waals surface area contributed by atoms with Gasteiger partial charge in [-0.2, -0.15) is 0 Å². The smallest absolute Gasteiger partial charge is 0.216 e. The quantitative estimate of drug-likeness (QED) is 0.736. The van der Waals surface area contributed by atoms with Gasteiger partial charge in [-0.15, -0.1) is 0 Å². The van der Waals surface area contributed by atoms with Crippen molar-refractivity contribution in [1.29, 1.82) is 0 Å². The molecule has 6 nitrogen and oxygen atoms in total. The molecule has 0 fully saturated rings. The molecule has 0 atom stereocenters. The third-order valence-corrected chi connectivity index (χ3v) is 6.02. The van der Waals surface area contributed by atoms with Crippen molar-refractivity contribution in [3.8, 4) is 0 Å². The maximum atomic E-state index is 12.1. The zero-order chi connectivity index (χ0) is 17.6. The van der Waals surface area contributed by atoms with Crippen molar-refractivity contribution >= 4 is 20.0 Å². The van der Waals surface area contributed by atoms with Crippen molar-refractivity contribution in [2.24, 2.45) is 0 Å². The van der Waals surface area contributed by atoms with Gasteiger partial charge in [0.25, 0.3) is 0 Å². The van der Waals surface area contributed by atoms with E-state index < -0.39 is 20.0 Å². The fourth-order valence-electron chi connectivity index (χ4n) is 2.08. The molecule has 24 heavy (non-hydrogen) atoms. The SMILES string of the molecule is CNS(=O)(=O)Cc1ccc(CNS(=O)(=O)Cc2ccccc2)cc1. The van der Waals surface area contributed by atoms with Gasteiger partial charge in [-0.05, 0) is 23.7 Å². The number of rotatable bonds is 8. The van der Waals surface area contributed by atoms with E-state index >= 15 is 0 Å². The van der Waals surface area contributed by atoms with Crippen LogP contribution < -0.4 is 9.44 Å². The minimum absolute atomic E-state index is 0.0770. The van der Waals surface area contributed by atoms with E-state index in [2.05, 4.69) is 9.44 Å². The maximum Gasteiger partial charge on any atom is 0.216 e. The Labute approximate surface area is 143 Å². The van der Waals surface area contributed by atoms with Gasteiger partial charge < -0.3 is 0 Å². The lowest BCUT2D eigenvalue weighted by Crippen LogP contribution is -2.24. The second-order valence-corrected chi connectivity index (χ2v) is 9.08. The topological polar surface area (TPSA) is 92.3 Å². The Kier molecular flexibility index (Phi) is 6.11. The third kappa shape index (κ3) is 6.04. The van der Waals surface area contributed by atoms with Gasteiger partial charge in [-0.25, -0.2) is 26.3 Å². The summed E-state index contributed by atoms with van der Waals surface area (Å²) >= 11 is 0. The second kappa shape index (κ2) is 7.89. The van der Waals surface area contributed by atoms with E-state index in [4.69, 9.17) is 0 Å². The van der Waals surface area contributed by atoms with Crippen LogP contribution in [-0.2, 0) is 38.1 Å². The molecule has 8 heteroatoms. The van der Waals surface area contributed by atoms with Gasteiger partial charge >= 0.3 is 0 Å². The number of benzene rings is 2. The highest BCUT2D eigenvalue weighted by molar-refractivity contribution is 7.88. The van der Waals surface area contributed by atoms with Crippen molar-refractivity contribution in [2.75, 3.05) is 7.05 Å². The van der Waals surface area contributed by atoms with Crippen molar-refractivity contribution in [2.45, 2.75) is 18.1 Å². The summed E-state index contributed by atoms with van der Waals surface area (Å²) in [5.74, 6) is -0.185. The minimum Gasteiger partial charge on any atom is -0.218 e. The average molecular weight is 368 g/mol. The molecule has 0 saturated heterocycles. The number of hydrogen-bond acceptors (Lipinski definition) is 4. The molecule has 130 valence electrons. The Morgan fingerprint density at radius 2 is 1.21 bits per heavy atom. The zero-order valence-electron chi connectivity index (χ0n) is 13.3. The molecule has 0 saturated carbocycles. The summed E-state index contributed by atoms with van der Waals surface area (Å²) < 4.78 is 51.9. The van der Waals surface area contributed by atoms with Gasteiger partial charge in [-0.1, -0.05) is 54.6 Å². The molecule has 0 amide bonds. The van der Waals surface area contributed by atoms with Crippen LogP contribution in [-0.4, -0.2) is 23.9 Å². The van der Waals surface area contributed by atoms with Crippen LogP contribution in [0.1, 0.15) is 16.7 Å². The van der Waals surface area contributed by atoms with E-state index in [0.29, 0.717) is 5.56 Å². The summed E-state index contributed by atoms with van der Waals surface area (Å²) in [5.41, 5.74) is 2.12. The highest BCUT2D eigenvalue weighted by atomic mass is 32.2. The first-order chi connectivity index (χ1) is 11.3. The summed E-state index contributed by atoms with van der Waals surface area (Å²) in [7, 11) is -5.38. The van der Waals surface area contributed by atoms with E-state index in [-0.39, 0.29) is 18.1 Å². The van der Waals surface area contributed by atoms with E-state index in [9.17, 15) is 16.8 Å². The summed E-state index contributed by atoms with van der Waals surface area (Å²) in [4.78, 5) is 0. The molecule has 2 aromatic carbocycles. The molecule has 0 heterocycles. The first kappa shape index (κ1) is 18.6. The maximum absolute atomic E-state index is 12.1. The summed E-state index contributed by atoms with van der Waals surface area (Å²) in [6.45, 7) is 0.161. The number of nitrogens with one attached hydrogen (secondary N) is 2. The normalized spacial score (nSPS) is 12.2. The lowest BCUT2D eigenvalue weighted by Gasteiger charge is -2.08. The lowest BCUT2D eigenvalue weighted by atomic mass is 10.1. The molecule has 0 unspecified atom stereocenters.